The number of pyridine rings is 1. The molecule has 1 unspecified atom stereocenters. The summed E-state index contributed by atoms with van der Waals surface area (Å²) in [5.74, 6) is -0.395. The maximum atomic E-state index is 10.5. The second-order valence-corrected chi connectivity index (χ2v) is 3.36. The summed E-state index contributed by atoms with van der Waals surface area (Å²) >= 11 is 0. The van der Waals surface area contributed by atoms with Crippen LogP contribution in [0.5, 0.6) is 0 Å². The first kappa shape index (κ1) is 12.9. The van der Waals surface area contributed by atoms with Gasteiger partial charge in [0.25, 0.3) is 0 Å². The zero-order chi connectivity index (χ0) is 12.7. The molecule has 6 nitrogen and oxygen atoms in total. The molecule has 0 aliphatic heterocycles. The predicted octanol–water partition coefficient (Wildman–Crippen LogP) is 0.855. The molecule has 0 spiro atoms. The maximum absolute atomic E-state index is 10.5. The van der Waals surface area contributed by atoms with Crippen LogP contribution in [0.25, 0.3) is 0 Å². The predicted molar refractivity (Wildman–Crippen MR) is 60.5 cm³/mol. The Hall–Kier alpha value is -2.13. The molecule has 1 rings (SSSR count). The monoisotopic (exact) mass is 235 g/mol. The van der Waals surface area contributed by atoms with Gasteiger partial charge in [0.05, 0.1) is 12.5 Å². The smallest absolute Gasteiger partial charge is 0.306 e. The van der Waals surface area contributed by atoms with Gasteiger partial charge in [0.1, 0.15) is 17.6 Å². The van der Waals surface area contributed by atoms with E-state index in [1.54, 1.807) is 18.2 Å². The number of nitriles is 1. The van der Waals surface area contributed by atoms with Crippen molar-refractivity contribution in [3.63, 3.8) is 0 Å². The number of hydrogen-bond donors (Lipinski definition) is 2. The van der Waals surface area contributed by atoms with Crippen LogP contribution in [-0.2, 0) is 9.53 Å². The van der Waals surface area contributed by atoms with Gasteiger partial charge in [-0.1, -0.05) is 6.07 Å². The third kappa shape index (κ3) is 4.49. The molecule has 6 heteroatoms. The summed E-state index contributed by atoms with van der Waals surface area (Å²) in [6.07, 6.45) is -0.512. The van der Waals surface area contributed by atoms with Crippen molar-refractivity contribution in [1.82, 2.24) is 4.98 Å². The molecule has 0 amide bonds. The van der Waals surface area contributed by atoms with Crippen LogP contribution in [0, 0.1) is 11.3 Å². The molecule has 1 aromatic heterocycles. The van der Waals surface area contributed by atoms with E-state index in [0.717, 1.165) is 0 Å². The maximum Gasteiger partial charge on any atom is 0.306 e. The van der Waals surface area contributed by atoms with E-state index in [1.807, 2.05) is 6.07 Å². The van der Waals surface area contributed by atoms with Gasteiger partial charge in [-0.15, -0.1) is 0 Å². The number of aromatic nitrogens is 1. The summed E-state index contributed by atoms with van der Waals surface area (Å²) in [6, 6.07) is 6.92. The van der Waals surface area contributed by atoms with Crippen LogP contribution >= 0.6 is 0 Å². The van der Waals surface area contributed by atoms with Crippen molar-refractivity contribution in [2.24, 2.45) is 0 Å². The summed E-state index contributed by atoms with van der Waals surface area (Å²) < 4.78 is 5.00. The highest BCUT2D eigenvalue weighted by Gasteiger charge is 2.12. The van der Waals surface area contributed by atoms with E-state index in [9.17, 15) is 4.79 Å². The van der Waals surface area contributed by atoms with E-state index in [4.69, 9.17) is 15.1 Å². The topological polar surface area (TPSA) is 95.2 Å². The standard InChI is InChI=1S/C11H13N3O3/c1-17-9(5-11(15)16)7-13-10-4-2-3-8(6-12)14-10/h2-4,9H,5,7H2,1H3,(H,13,14)(H,15,16). The minimum atomic E-state index is -0.919. The summed E-state index contributed by atoms with van der Waals surface area (Å²) in [5.41, 5.74) is 0.308. The molecule has 0 saturated carbocycles. The van der Waals surface area contributed by atoms with Crippen LogP contribution in [0.2, 0.25) is 0 Å². The summed E-state index contributed by atoms with van der Waals surface area (Å²) in [6.45, 7) is 0.324. The van der Waals surface area contributed by atoms with E-state index in [-0.39, 0.29) is 6.42 Å². The average molecular weight is 235 g/mol. The van der Waals surface area contributed by atoms with E-state index < -0.39 is 12.1 Å². The summed E-state index contributed by atoms with van der Waals surface area (Å²) in [4.78, 5) is 14.5. The van der Waals surface area contributed by atoms with Gasteiger partial charge in [0.2, 0.25) is 0 Å². The Morgan fingerprint density at radius 3 is 3.06 bits per heavy atom. The third-order valence-electron chi connectivity index (χ3n) is 2.11. The average Bonchev–Trinajstić information content (AvgIpc) is 2.34. The number of carbonyl (C=O) groups is 1. The van der Waals surface area contributed by atoms with Gasteiger partial charge in [-0.2, -0.15) is 5.26 Å². The number of hydrogen-bond acceptors (Lipinski definition) is 5. The van der Waals surface area contributed by atoms with Crippen LogP contribution in [0.3, 0.4) is 0 Å². The van der Waals surface area contributed by atoms with Crippen molar-refractivity contribution in [2.75, 3.05) is 19.0 Å². The number of rotatable bonds is 6. The number of aliphatic carboxylic acids is 1. The van der Waals surface area contributed by atoms with E-state index in [2.05, 4.69) is 10.3 Å². The van der Waals surface area contributed by atoms with Crippen LogP contribution in [0.4, 0.5) is 5.82 Å². The van der Waals surface area contributed by atoms with E-state index >= 15 is 0 Å². The number of methoxy groups -OCH3 is 1. The quantitative estimate of drug-likeness (QED) is 0.759. The molecule has 2 N–H and O–H groups in total. The first-order chi connectivity index (χ1) is 8.15. The Bertz CT molecular complexity index is 428. The van der Waals surface area contributed by atoms with Crippen LogP contribution in [0.1, 0.15) is 12.1 Å². The lowest BCUT2D eigenvalue weighted by Crippen LogP contribution is -2.25. The Kier molecular flexibility index (Phi) is 4.91. The van der Waals surface area contributed by atoms with Crippen LogP contribution in [0.15, 0.2) is 18.2 Å². The number of nitrogens with zero attached hydrogens (tertiary/aromatic N) is 2. The number of nitrogens with one attached hydrogen (secondary N) is 1. The molecule has 1 heterocycles. The number of carboxylic acids is 1. The molecular formula is C11H13N3O3. The molecule has 0 radical (unpaired) electrons. The highest BCUT2D eigenvalue weighted by Crippen LogP contribution is 2.05. The molecule has 0 saturated heterocycles. The van der Waals surface area contributed by atoms with Crippen LogP contribution in [-0.4, -0.2) is 35.8 Å². The van der Waals surface area contributed by atoms with Gasteiger partial charge in [-0.3, -0.25) is 4.79 Å². The molecule has 0 aromatic carbocycles. The van der Waals surface area contributed by atoms with Crippen molar-refractivity contribution in [3.8, 4) is 6.07 Å². The van der Waals surface area contributed by atoms with Crippen molar-refractivity contribution in [1.29, 1.82) is 5.26 Å². The van der Waals surface area contributed by atoms with E-state index in [1.165, 1.54) is 7.11 Å². The van der Waals surface area contributed by atoms with Crippen molar-refractivity contribution >= 4 is 11.8 Å². The lowest BCUT2D eigenvalue weighted by atomic mass is 10.2. The molecule has 90 valence electrons. The Labute approximate surface area is 98.9 Å². The molecule has 0 fully saturated rings. The molecule has 1 atom stereocenters. The molecule has 1 aromatic rings. The largest absolute Gasteiger partial charge is 0.481 e. The van der Waals surface area contributed by atoms with Gasteiger partial charge < -0.3 is 15.2 Å². The lowest BCUT2D eigenvalue weighted by Gasteiger charge is -2.14. The van der Waals surface area contributed by atoms with Crippen molar-refractivity contribution in [3.05, 3.63) is 23.9 Å². The molecular weight excluding hydrogens is 222 g/mol. The SMILES string of the molecule is COC(CNc1cccc(C#N)n1)CC(=O)O. The van der Waals surface area contributed by atoms with Gasteiger partial charge in [-0.05, 0) is 12.1 Å². The third-order valence-corrected chi connectivity index (χ3v) is 2.11. The fourth-order valence-corrected chi connectivity index (χ4v) is 1.25. The van der Waals surface area contributed by atoms with Gasteiger partial charge in [0, 0.05) is 13.7 Å². The fraction of sp³-hybridized carbons (Fsp3) is 0.364. The first-order valence-electron chi connectivity index (χ1n) is 5.01. The van der Waals surface area contributed by atoms with Gasteiger partial charge >= 0.3 is 5.97 Å². The van der Waals surface area contributed by atoms with Gasteiger partial charge in [-0.25, -0.2) is 4.98 Å². The van der Waals surface area contributed by atoms with E-state index in [0.29, 0.717) is 18.1 Å². The highest BCUT2D eigenvalue weighted by atomic mass is 16.5. The summed E-state index contributed by atoms with van der Waals surface area (Å²) in [5, 5.41) is 20.2. The number of ether oxygens (including phenoxy) is 1. The number of carboxylic acid groups (broad SMARTS) is 1. The minimum Gasteiger partial charge on any atom is -0.481 e. The molecule has 0 aliphatic carbocycles. The molecule has 0 bridgehead atoms. The fourth-order valence-electron chi connectivity index (χ4n) is 1.25. The van der Waals surface area contributed by atoms with Crippen molar-refractivity contribution < 1.29 is 14.6 Å². The molecule has 0 aliphatic rings. The zero-order valence-electron chi connectivity index (χ0n) is 9.38. The molecule has 17 heavy (non-hydrogen) atoms. The lowest BCUT2D eigenvalue weighted by molar-refractivity contribution is -0.139. The Morgan fingerprint density at radius 1 is 1.71 bits per heavy atom. The second kappa shape index (κ2) is 6.45. The summed E-state index contributed by atoms with van der Waals surface area (Å²) in [7, 11) is 1.45. The van der Waals surface area contributed by atoms with Crippen molar-refractivity contribution in [2.45, 2.75) is 12.5 Å². The zero-order valence-corrected chi connectivity index (χ0v) is 9.38. The number of anilines is 1. The Balaban J connectivity index is 2.53. The normalized spacial score (nSPS) is 11.5. The highest BCUT2D eigenvalue weighted by molar-refractivity contribution is 5.67. The van der Waals surface area contributed by atoms with Crippen LogP contribution < -0.4 is 5.32 Å². The Morgan fingerprint density at radius 2 is 2.47 bits per heavy atom. The van der Waals surface area contributed by atoms with Gasteiger partial charge in [0.15, 0.2) is 0 Å². The minimum absolute atomic E-state index is 0.0819. The first-order valence-corrected chi connectivity index (χ1v) is 5.01. The second-order valence-electron chi connectivity index (χ2n) is 3.36.